The summed E-state index contributed by atoms with van der Waals surface area (Å²) in [6.07, 6.45) is 12.8. The first kappa shape index (κ1) is 99.4. The van der Waals surface area contributed by atoms with Crippen molar-refractivity contribution in [2.24, 2.45) is 0 Å². The van der Waals surface area contributed by atoms with E-state index in [2.05, 4.69) is 37.8 Å². The standard InChI is InChI=1S/C20H18O5.C19H18O4.C14H12O3.C11H9ClO5.C10H10O4.C9H10.C6H6O2.2CO2/c1-13-4-6-16(7-5-13)8-9-20(23)17-10-18(24-14(2)21)12-19(11-17)25-15(3)22;1-13-4-6-16(7-5-13)8-9-17-10-18(22-14(2)20)12-19(11-17)23-15(3)21;15-12-5-3-10(4-6-12)1-2-11-7-13(16)9-14(17)8-11;1-6(13)16-9-3-8(11(12)15)4-10(5-9)17-7(2)14;1-7(11)13-9-4-3-5-10(6-9)14-8(2)12;1-3-9-6-4-8(2)5-7-9;7-5-2-1-3-6(8)4-5;2*2-1-3/h4-12H,1-3H3;4-12H,1-3H3;1-9,15-17H;3-5H,1-2H3;3-6H,1-2H3;3-7H,1H2,2H3;1-4,7-8H;;/b2*9-8+;2-1+;;;;;;. The van der Waals surface area contributed by atoms with E-state index in [0.717, 1.165) is 27.8 Å². The fourth-order valence-electron chi connectivity index (χ4n) is 8.88. The zero-order valence-corrected chi connectivity index (χ0v) is 66.9. The van der Waals surface area contributed by atoms with E-state index in [1.54, 1.807) is 84.9 Å². The second-order valence-electron chi connectivity index (χ2n) is 24.0. The number of esters is 8. The molecule has 616 valence electrons. The maximum atomic E-state index is 12.4. The average molecular weight is 1640 g/mol. The Morgan fingerprint density at radius 1 is 0.286 bits per heavy atom. The molecule has 0 amide bonds. The normalized spacial score (nSPS) is 9.68. The van der Waals surface area contributed by atoms with Crippen molar-refractivity contribution in [2.75, 3.05) is 0 Å². The van der Waals surface area contributed by atoms with Crippen LogP contribution in [0, 0.1) is 20.8 Å². The Labute approximate surface area is 689 Å². The van der Waals surface area contributed by atoms with Crippen molar-refractivity contribution >= 4 is 119 Å². The van der Waals surface area contributed by atoms with Crippen LogP contribution < -0.4 is 37.9 Å². The van der Waals surface area contributed by atoms with Gasteiger partial charge in [-0.3, -0.25) is 47.9 Å². The number of ether oxygens (including phenoxy) is 8. The van der Waals surface area contributed by atoms with Gasteiger partial charge in [0.15, 0.2) is 5.78 Å². The SMILES string of the molecule is C=Cc1ccc(C)cc1.CC(=O)Oc1cc(/C=C/c2ccc(C)cc2)cc(OC(C)=O)c1.CC(=O)Oc1cc(OC(C)=O)cc(C(=O)/C=C/c2ccc(C)cc2)c1.CC(=O)Oc1cc(OC(C)=O)cc(C(=O)Cl)c1.CC(=O)Oc1cccc(OC(C)=O)c1.O=C=O.O=C=O.Oc1ccc(/C=C/c2cc(O)cc(O)c2)cc1.Oc1cccc(O)c1. The number of hydrogen-bond donors (Lipinski definition) is 5. The first-order valence-electron chi connectivity index (χ1n) is 34.7. The van der Waals surface area contributed by atoms with Crippen LogP contribution in [-0.4, -0.2) is 96.6 Å². The summed E-state index contributed by atoms with van der Waals surface area (Å²) in [7, 11) is 0. The van der Waals surface area contributed by atoms with Gasteiger partial charge in [-0.1, -0.05) is 157 Å². The topological polar surface area (TPSA) is 414 Å². The van der Waals surface area contributed by atoms with Gasteiger partial charge in [-0.2, -0.15) is 19.2 Å². The maximum absolute atomic E-state index is 12.4. The summed E-state index contributed by atoms with van der Waals surface area (Å²) in [6.45, 7) is 19.9. The van der Waals surface area contributed by atoms with Gasteiger partial charge in [0.2, 0.25) is 0 Å². The second-order valence-corrected chi connectivity index (χ2v) is 24.3. The van der Waals surface area contributed by atoms with Crippen molar-refractivity contribution < 1.29 is 131 Å². The number of phenolic OH excluding ortho intramolecular Hbond substituents is 5. The highest BCUT2D eigenvalue weighted by molar-refractivity contribution is 6.67. The molecular formula is C91H83ClO27. The first-order valence-corrected chi connectivity index (χ1v) is 35.1. The number of benzene rings is 10. The van der Waals surface area contributed by atoms with Gasteiger partial charge in [0.25, 0.3) is 5.24 Å². The molecule has 0 unspecified atom stereocenters. The minimum atomic E-state index is -0.743. The minimum Gasteiger partial charge on any atom is -0.508 e. The molecule has 0 aliphatic heterocycles. The molecule has 0 aliphatic rings. The number of ketones is 1. The zero-order chi connectivity index (χ0) is 89.1. The molecule has 0 spiro atoms. The van der Waals surface area contributed by atoms with Crippen LogP contribution in [0.1, 0.15) is 126 Å². The third-order valence-electron chi connectivity index (χ3n) is 13.6. The zero-order valence-electron chi connectivity index (χ0n) is 66.1. The van der Waals surface area contributed by atoms with Crippen molar-refractivity contribution in [2.45, 2.75) is 76.2 Å². The molecule has 0 heterocycles. The number of carbonyl (C=O) groups is 10. The summed E-state index contributed by atoms with van der Waals surface area (Å²) < 4.78 is 39.3. The summed E-state index contributed by atoms with van der Waals surface area (Å²) in [5, 5.41) is 44.3. The third kappa shape index (κ3) is 46.2. The Bertz CT molecular complexity index is 5080. The van der Waals surface area contributed by atoms with Gasteiger partial charge < -0.3 is 63.4 Å². The molecule has 0 atom stereocenters. The lowest BCUT2D eigenvalue weighted by molar-refractivity contribution is -0.193. The molecule has 0 saturated heterocycles. The van der Waals surface area contributed by atoms with Crippen LogP contribution in [0.25, 0.3) is 36.5 Å². The third-order valence-corrected chi connectivity index (χ3v) is 13.8. The fraction of sp³-hybridized carbons (Fsp3) is 0.121. The summed E-state index contributed by atoms with van der Waals surface area (Å²) in [5.74, 6) is -1.91. The van der Waals surface area contributed by atoms with Crippen LogP contribution >= 0.6 is 11.6 Å². The maximum Gasteiger partial charge on any atom is 0.373 e. The number of hydrogen-bond acceptors (Lipinski definition) is 27. The Morgan fingerprint density at radius 2 is 0.538 bits per heavy atom. The molecule has 0 aromatic heterocycles. The Kier molecular flexibility index (Phi) is 45.2. The van der Waals surface area contributed by atoms with E-state index in [1.807, 2.05) is 86.7 Å². The molecule has 0 saturated carbocycles. The molecule has 10 aromatic carbocycles. The molecule has 28 heteroatoms. The van der Waals surface area contributed by atoms with E-state index in [4.69, 9.17) is 84.0 Å². The quantitative estimate of drug-likeness (QED) is 0.0141. The average Bonchev–Trinajstić information content (AvgIpc) is 0.827. The molecule has 0 aliphatic carbocycles. The lowest BCUT2D eigenvalue weighted by Crippen LogP contribution is -2.06. The van der Waals surface area contributed by atoms with Crippen molar-refractivity contribution in [3.05, 3.63) is 292 Å². The van der Waals surface area contributed by atoms with E-state index in [-0.39, 0.29) is 81.0 Å². The fourth-order valence-corrected chi connectivity index (χ4v) is 8.98. The van der Waals surface area contributed by atoms with Gasteiger partial charge in [0, 0.05) is 103 Å². The highest BCUT2D eigenvalue weighted by Crippen LogP contribution is 2.29. The molecule has 5 N–H and O–H groups in total. The monoisotopic (exact) mass is 1640 g/mol. The number of aryl methyl sites for hydroxylation is 3. The van der Waals surface area contributed by atoms with Crippen LogP contribution in [0.4, 0.5) is 0 Å². The van der Waals surface area contributed by atoms with Crippen molar-refractivity contribution in [1.29, 1.82) is 0 Å². The molecule has 0 bridgehead atoms. The number of aromatic hydroxyl groups is 5. The lowest BCUT2D eigenvalue weighted by atomic mass is 10.1. The molecule has 27 nitrogen and oxygen atoms in total. The Balaban J connectivity index is 0.000000477. The van der Waals surface area contributed by atoms with Crippen LogP contribution in [0.5, 0.6) is 74.7 Å². The molecule has 0 fully saturated rings. The molecule has 119 heavy (non-hydrogen) atoms. The number of allylic oxidation sites excluding steroid dienone is 1. The van der Waals surface area contributed by atoms with Gasteiger partial charge >= 0.3 is 60.1 Å². The predicted octanol–water partition coefficient (Wildman–Crippen LogP) is 16.8. The van der Waals surface area contributed by atoms with Gasteiger partial charge in [0.05, 0.1) is 0 Å². The molecule has 0 radical (unpaired) electrons. The van der Waals surface area contributed by atoms with Crippen molar-refractivity contribution in [3.8, 4) is 74.7 Å². The van der Waals surface area contributed by atoms with E-state index in [0.29, 0.717) is 28.6 Å². The van der Waals surface area contributed by atoms with E-state index in [9.17, 15) is 58.2 Å². The summed E-state index contributed by atoms with van der Waals surface area (Å²) in [6, 6.07) is 60.4. The van der Waals surface area contributed by atoms with E-state index < -0.39 is 53.0 Å². The van der Waals surface area contributed by atoms with Crippen molar-refractivity contribution in [1.82, 2.24) is 0 Å². The van der Waals surface area contributed by atoms with E-state index in [1.165, 1.54) is 151 Å². The summed E-state index contributed by atoms with van der Waals surface area (Å²) in [5.41, 5.74) is 9.43. The molecule has 10 aromatic rings. The highest BCUT2D eigenvalue weighted by Gasteiger charge is 2.14. The largest absolute Gasteiger partial charge is 0.508 e. The summed E-state index contributed by atoms with van der Waals surface area (Å²) in [4.78, 5) is 143. The van der Waals surface area contributed by atoms with Crippen LogP contribution in [-0.2, 0) is 57.5 Å². The smallest absolute Gasteiger partial charge is 0.373 e. The number of rotatable bonds is 17. The Morgan fingerprint density at radius 3 is 0.840 bits per heavy atom. The Hall–Kier alpha value is -15.7. The molecular weight excluding hydrogens is 1560 g/mol. The van der Waals surface area contributed by atoms with Crippen molar-refractivity contribution in [3.63, 3.8) is 0 Å². The van der Waals surface area contributed by atoms with Gasteiger partial charge in [-0.05, 0) is 157 Å². The van der Waals surface area contributed by atoms with Crippen LogP contribution in [0.15, 0.2) is 231 Å². The van der Waals surface area contributed by atoms with E-state index >= 15 is 0 Å². The first-order chi connectivity index (χ1) is 56.3. The van der Waals surface area contributed by atoms with Gasteiger partial charge in [0.1, 0.15) is 74.7 Å². The predicted molar refractivity (Wildman–Crippen MR) is 439 cm³/mol. The second kappa shape index (κ2) is 54.1. The molecule has 10 rings (SSSR count). The van der Waals surface area contributed by atoms with Crippen LogP contribution in [0.3, 0.4) is 0 Å². The number of carbonyl (C=O) groups excluding carboxylic acids is 14. The summed E-state index contributed by atoms with van der Waals surface area (Å²) >= 11 is 5.30. The minimum absolute atomic E-state index is 0.0235. The number of phenols is 5. The van der Waals surface area contributed by atoms with Crippen LogP contribution in [0.2, 0.25) is 0 Å². The van der Waals surface area contributed by atoms with Gasteiger partial charge in [-0.25, -0.2) is 0 Å². The lowest BCUT2D eigenvalue weighted by Gasteiger charge is -2.07. The number of halogens is 1. The van der Waals surface area contributed by atoms with Gasteiger partial charge in [-0.15, -0.1) is 0 Å². The highest BCUT2D eigenvalue weighted by atomic mass is 35.5.